The fraction of sp³-hybridized carbons (Fsp3) is 0.263. The van der Waals surface area contributed by atoms with Crippen LogP contribution in [-0.4, -0.2) is 49.7 Å². The van der Waals surface area contributed by atoms with Crippen LogP contribution in [0.25, 0.3) is 10.9 Å². The molecule has 1 aromatic carbocycles. The number of methoxy groups -OCH3 is 2. The lowest BCUT2D eigenvalue weighted by atomic mass is 10.0. The molecule has 0 unspecified atom stereocenters. The molecule has 0 N–H and O–H groups in total. The first-order chi connectivity index (χ1) is 13.0. The standard InChI is InChI=1S/C19H17ClN2O5/c1-25-5-6-27-18-10-13-11(7-17(18)26-2)3-4-19(21-13)22-14-9-15(23)12(20)8-16(14)24/h3-4,7-8,10H,5-6,9H2,1-2H3. The molecule has 0 bridgehead atoms. The molecule has 140 valence electrons. The summed E-state index contributed by atoms with van der Waals surface area (Å²) in [6, 6.07) is 7.01. The molecule has 3 rings (SSSR count). The van der Waals surface area contributed by atoms with Crippen molar-refractivity contribution in [3.63, 3.8) is 0 Å². The number of halogens is 1. The Hall–Kier alpha value is -2.77. The number of aliphatic imine (C=N–C) groups is 1. The smallest absolute Gasteiger partial charge is 0.202 e. The van der Waals surface area contributed by atoms with Gasteiger partial charge in [-0.15, -0.1) is 0 Å². The van der Waals surface area contributed by atoms with Gasteiger partial charge >= 0.3 is 0 Å². The average molecular weight is 389 g/mol. The second kappa shape index (κ2) is 8.28. The van der Waals surface area contributed by atoms with Gasteiger partial charge in [-0.2, -0.15) is 0 Å². The SMILES string of the molecule is COCCOc1cc2nc(N=C3CC(=O)C(Cl)=CC3=O)ccc2cc1OC. The molecule has 1 aliphatic rings. The van der Waals surface area contributed by atoms with Crippen LogP contribution < -0.4 is 9.47 Å². The molecule has 1 aromatic heterocycles. The third kappa shape index (κ3) is 4.32. The summed E-state index contributed by atoms with van der Waals surface area (Å²) in [6.07, 6.45) is 0.946. The first kappa shape index (κ1) is 19.0. The van der Waals surface area contributed by atoms with Crippen LogP contribution in [0.3, 0.4) is 0 Å². The summed E-state index contributed by atoms with van der Waals surface area (Å²) in [5.74, 6) is 0.692. The molecule has 1 heterocycles. The Morgan fingerprint density at radius 3 is 2.70 bits per heavy atom. The predicted octanol–water partition coefficient (Wildman–Crippen LogP) is 3.01. The number of carbonyl (C=O) groups excluding carboxylic acids is 2. The van der Waals surface area contributed by atoms with Gasteiger partial charge in [0.1, 0.15) is 6.61 Å². The number of carbonyl (C=O) groups is 2. The highest BCUT2D eigenvalue weighted by Gasteiger charge is 2.23. The van der Waals surface area contributed by atoms with E-state index < -0.39 is 0 Å². The number of Topliss-reactive ketones (excluding diaryl/α,β-unsaturated/α-hetero) is 1. The molecule has 8 heteroatoms. The van der Waals surface area contributed by atoms with Crippen molar-refractivity contribution in [1.29, 1.82) is 0 Å². The Kier molecular flexibility index (Phi) is 5.83. The number of ketones is 2. The van der Waals surface area contributed by atoms with E-state index in [1.807, 2.05) is 0 Å². The van der Waals surface area contributed by atoms with Crippen LogP contribution in [0.1, 0.15) is 6.42 Å². The lowest BCUT2D eigenvalue weighted by Crippen LogP contribution is -2.22. The zero-order valence-electron chi connectivity index (χ0n) is 14.8. The average Bonchev–Trinajstić information content (AvgIpc) is 2.65. The molecule has 0 saturated heterocycles. The fourth-order valence-corrected chi connectivity index (χ4v) is 2.69. The summed E-state index contributed by atoms with van der Waals surface area (Å²) in [4.78, 5) is 32.3. The van der Waals surface area contributed by atoms with Crippen molar-refractivity contribution >= 4 is 45.6 Å². The molecule has 0 aliphatic heterocycles. The van der Waals surface area contributed by atoms with Crippen LogP contribution in [0.5, 0.6) is 11.5 Å². The van der Waals surface area contributed by atoms with E-state index in [1.54, 1.807) is 38.5 Å². The van der Waals surface area contributed by atoms with Gasteiger partial charge in [0, 0.05) is 24.6 Å². The molecule has 1 aliphatic carbocycles. The maximum absolute atomic E-state index is 12.0. The van der Waals surface area contributed by atoms with E-state index in [9.17, 15) is 9.59 Å². The minimum Gasteiger partial charge on any atom is -0.493 e. The summed E-state index contributed by atoms with van der Waals surface area (Å²) in [5, 5.41) is 0.749. The number of pyridine rings is 1. The van der Waals surface area contributed by atoms with E-state index in [0.717, 1.165) is 11.5 Å². The van der Waals surface area contributed by atoms with E-state index >= 15 is 0 Å². The highest BCUT2D eigenvalue weighted by atomic mass is 35.5. The van der Waals surface area contributed by atoms with Gasteiger partial charge in [-0.3, -0.25) is 9.59 Å². The van der Waals surface area contributed by atoms with Crippen molar-refractivity contribution in [2.45, 2.75) is 6.42 Å². The van der Waals surface area contributed by atoms with Crippen molar-refractivity contribution in [3.05, 3.63) is 35.4 Å². The Bertz CT molecular complexity index is 968. The molecule has 0 fully saturated rings. The van der Waals surface area contributed by atoms with Crippen LogP contribution in [0, 0.1) is 0 Å². The number of hydrogen-bond acceptors (Lipinski definition) is 7. The largest absolute Gasteiger partial charge is 0.493 e. The first-order valence-electron chi connectivity index (χ1n) is 8.14. The Labute approximate surface area is 160 Å². The Morgan fingerprint density at radius 2 is 1.96 bits per heavy atom. The number of fused-ring (bicyclic) bond motifs is 1. The number of ether oxygens (including phenoxy) is 3. The molecular formula is C19H17ClN2O5. The van der Waals surface area contributed by atoms with E-state index in [0.29, 0.717) is 36.0 Å². The zero-order chi connectivity index (χ0) is 19.4. The van der Waals surface area contributed by atoms with Crippen LogP contribution in [0.4, 0.5) is 5.82 Å². The summed E-state index contributed by atoms with van der Waals surface area (Å²) in [7, 11) is 3.15. The van der Waals surface area contributed by atoms with E-state index in [1.165, 1.54) is 0 Å². The molecule has 0 amide bonds. The number of nitrogens with zero attached hydrogens (tertiary/aromatic N) is 2. The first-order valence-corrected chi connectivity index (χ1v) is 8.52. The second-order valence-corrected chi connectivity index (χ2v) is 6.13. The molecule has 7 nitrogen and oxygen atoms in total. The summed E-state index contributed by atoms with van der Waals surface area (Å²) in [5.41, 5.74) is 0.731. The normalized spacial score (nSPS) is 16.0. The van der Waals surface area contributed by atoms with Gasteiger partial charge in [-0.05, 0) is 18.2 Å². The van der Waals surface area contributed by atoms with Gasteiger partial charge in [0.25, 0.3) is 0 Å². The van der Waals surface area contributed by atoms with E-state index in [2.05, 4.69) is 9.98 Å². The van der Waals surface area contributed by atoms with E-state index in [-0.39, 0.29) is 28.7 Å². The quantitative estimate of drug-likeness (QED) is 0.707. The van der Waals surface area contributed by atoms with Crippen molar-refractivity contribution in [2.75, 3.05) is 27.4 Å². The van der Waals surface area contributed by atoms with Crippen molar-refractivity contribution in [3.8, 4) is 11.5 Å². The van der Waals surface area contributed by atoms with E-state index in [4.69, 9.17) is 25.8 Å². The predicted molar refractivity (Wildman–Crippen MR) is 101 cm³/mol. The monoisotopic (exact) mass is 388 g/mol. The van der Waals surface area contributed by atoms with Gasteiger partial charge in [0.15, 0.2) is 23.1 Å². The van der Waals surface area contributed by atoms with Gasteiger partial charge in [-0.1, -0.05) is 11.6 Å². The highest BCUT2D eigenvalue weighted by Crippen LogP contribution is 2.32. The van der Waals surface area contributed by atoms with Crippen LogP contribution in [-0.2, 0) is 14.3 Å². The van der Waals surface area contributed by atoms with Gasteiger partial charge in [0.2, 0.25) is 5.78 Å². The second-order valence-electron chi connectivity index (χ2n) is 5.72. The highest BCUT2D eigenvalue weighted by molar-refractivity contribution is 6.57. The maximum atomic E-state index is 12.0. The zero-order valence-corrected chi connectivity index (χ0v) is 15.6. The topological polar surface area (TPSA) is 87.1 Å². The van der Waals surface area contributed by atoms with Gasteiger partial charge in [-0.25, -0.2) is 9.98 Å². The van der Waals surface area contributed by atoms with Gasteiger partial charge < -0.3 is 14.2 Å². The van der Waals surface area contributed by atoms with Crippen LogP contribution in [0.2, 0.25) is 0 Å². The number of aromatic nitrogens is 1. The summed E-state index contributed by atoms with van der Waals surface area (Å²) in [6.45, 7) is 0.804. The molecular weight excluding hydrogens is 372 g/mol. The van der Waals surface area contributed by atoms with Crippen LogP contribution >= 0.6 is 11.6 Å². The van der Waals surface area contributed by atoms with Crippen molar-refractivity contribution in [2.24, 2.45) is 4.99 Å². The molecule has 0 radical (unpaired) electrons. The Balaban J connectivity index is 1.95. The van der Waals surface area contributed by atoms with Crippen LogP contribution in [0.15, 0.2) is 40.4 Å². The van der Waals surface area contributed by atoms with Crippen molar-refractivity contribution in [1.82, 2.24) is 4.98 Å². The maximum Gasteiger partial charge on any atom is 0.202 e. The molecule has 0 atom stereocenters. The molecule has 0 spiro atoms. The molecule has 0 saturated carbocycles. The minimum absolute atomic E-state index is 0.0737. The summed E-state index contributed by atoms with van der Waals surface area (Å²) < 4.78 is 16.0. The number of rotatable bonds is 6. The number of allylic oxidation sites excluding steroid dienone is 2. The lowest BCUT2D eigenvalue weighted by Gasteiger charge is -2.12. The third-order valence-electron chi connectivity index (χ3n) is 3.89. The molecule has 27 heavy (non-hydrogen) atoms. The summed E-state index contributed by atoms with van der Waals surface area (Å²) >= 11 is 5.69. The molecule has 2 aromatic rings. The lowest BCUT2D eigenvalue weighted by molar-refractivity contribution is -0.116. The van der Waals surface area contributed by atoms with Crippen molar-refractivity contribution < 1.29 is 23.8 Å². The minimum atomic E-state index is -0.389. The fourth-order valence-electron chi connectivity index (χ4n) is 2.53. The third-order valence-corrected chi connectivity index (χ3v) is 4.21. The Morgan fingerprint density at radius 1 is 1.15 bits per heavy atom. The number of benzene rings is 1. The van der Waals surface area contributed by atoms with Gasteiger partial charge in [0.05, 0.1) is 36.4 Å². The number of hydrogen-bond donors (Lipinski definition) is 0.